The molecular weight excluding hydrogens is 334 g/mol. The molecule has 0 amide bonds. The van der Waals surface area contributed by atoms with E-state index in [-0.39, 0.29) is 0 Å². The minimum atomic E-state index is -0.424. The Morgan fingerprint density at radius 1 is 1.19 bits per heavy atom. The van der Waals surface area contributed by atoms with Crippen LogP contribution in [-0.4, -0.2) is 59.1 Å². The highest BCUT2D eigenvalue weighted by atomic mass is 16.5. The van der Waals surface area contributed by atoms with E-state index in [0.29, 0.717) is 34.7 Å². The average Bonchev–Trinajstić information content (AvgIpc) is 2.65. The Kier molecular flexibility index (Phi) is 5.47. The number of anilines is 4. The number of methoxy groups -OCH3 is 1. The Labute approximate surface area is 152 Å². The van der Waals surface area contributed by atoms with E-state index >= 15 is 0 Å². The molecule has 1 fully saturated rings. The summed E-state index contributed by atoms with van der Waals surface area (Å²) in [6, 6.07) is 2.07. The van der Waals surface area contributed by atoms with Gasteiger partial charge in [0, 0.05) is 18.3 Å². The molecule has 0 aromatic carbocycles. The third-order valence-electron chi connectivity index (χ3n) is 4.32. The number of aromatic nitrogens is 3. The van der Waals surface area contributed by atoms with Gasteiger partial charge < -0.3 is 26.0 Å². The Morgan fingerprint density at radius 2 is 1.92 bits per heavy atom. The van der Waals surface area contributed by atoms with Crippen molar-refractivity contribution >= 4 is 29.1 Å². The summed E-state index contributed by atoms with van der Waals surface area (Å²) in [5, 5.41) is 6.52. The van der Waals surface area contributed by atoms with Gasteiger partial charge >= 0.3 is 5.97 Å². The molecule has 9 heteroatoms. The van der Waals surface area contributed by atoms with Crippen LogP contribution in [0.5, 0.6) is 0 Å². The number of hydrogen-bond acceptors (Lipinski definition) is 9. The molecule has 0 bridgehead atoms. The number of hydrogen-bond donors (Lipinski definition) is 3. The van der Waals surface area contributed by atoms with Crippen LogP contribution in [0.3, 0.4) is 0 Å². The first-order chi connectivity index (χ1) is 12.5. The Hall–Kier alpha value is -2.94. The Balaban J connectivity index is 1.81. The number of nitrogens with one attached hydrogen (secondary N) is 2. The van der Waals surface area contributed by atoms with Crippen LogP contribution in [-0.2, 0) is 4.74 Å². The van der Waals surface area contributed by atoms with Crippen molar-refractivity contribution in [3.63, 3.8) is 0 Å². The van der Waals surface area contributed by atoms with Gasteiger partial charge in [-0.05, 0) is 33.0 Å². The highest BCUT2D eigenvalue weighted by molar-refractivity contribution is 5.95. The zero-order valence-corrected chi connectivity index (χ0v) is 14.9. The summed E-state index contributed by atoms with van der Waals surface area (Å²) in [5.74, 6) is 0.982. The number of rotatable bonds is 5. The number of ether oxygens (including phenoxy) is 1. The molecule has 1 aliphatic heterocycles. The second-order valence-electron chi connectivity index (χ2n) is 6.28. The number of piperidine rings is 1. The summed E-state index contributed by atoms with van der Waals surface area (Å²) in [7, 11) is 3.47. The summed E-state index contributed by atoms with van der Waals surface area (Å²) in [6.45, 7) is 2.03. The molecule has 26 heavy (non-hydrogen) atoms. The number of esters is 1. The monoisotopic (exact) mass is 357 g/mol. The Bertz CT molecular complexity index is 758. The quantitative estimate of drug-likeness (QED) is 0.684. The van der Waals surface area contributed by atoms with E-state index in [1.54, 1.807) is 6.07 Å². The molecular formula is C17H23N7O2. The fraction of sp³-hybridized carbons (Fsp3) is 0.412. The molecule has 1 saturated heterocycles. The molecule has 0 radical (unpaired) electrons. The van der Waals surface area contributed by atoms with Gasteiger partial charge in [-0.25, -0.2) is 19.7 Å². The number of pyridine rings is 1. The second-order valence-corrected chi connectivity index (χ2v) is 6.28. The summed E-state index contributed by atoms with van der Waals surface area (Å²) < 4.78 is 4.87. The van der Waals surface area contributed by atoms with Crippen LogP contribution >= 0.6 is 0 Å². The number of carbonyl (C=O) groups excluding carboxylic acids is 1. The third kappa shape index (κ3) is 4.37. The molecule has 138 valence electrons. The van der Waals surface area contributed by atoms with Crippen LogP contribution in [0.4, 0.5) is 23.1 Å². The van der Waals surface area contributed by atoms with Gasteiger partial charge in [0.15, 0.2) is 0 Å². The van der Waals surface area contributed by atoms with Gasteiger partial charge in [0.05, 0.1) is 25.2 Å². The Morgan fingerprint density at radius 3 is 2.58 bits per heavy atom. The summed E-state index contributed by atoms with van der Waals surface area (Å²) in [4.78, 5) is 26.8. The van der Waals surface area contributed by atoms with Gasteiger partial charge in [0.2, 0.25) is 0 Å². The van der Waals surface area contributed by atoms with Gasteiger partial charge in [0.1, 0.15) is 23.0 Å². The molecule has 9 nitrogen and oxygen atoms in total. The van der Waals surface area contributed by atoms with E-state index < -0.39 is 5.97 Å². The fourth-order valence-electron chi connectivity index (χ4n) is 2.82. The van der Waals surface area contributed by atoms with E-state index in [4.69, 9.17) is 10.5 Å². The minimum absolute atomic E-state index is 0.293. The lowest BCUT2D eigenvalue weighted by molar-refractivity contribution is 0.0601. The van der Waals surface area contributed by atoms with Crippen LogP contribution in [0, 0.1) is 0 Å². The lowest BCUT2D eigenvalue weighted by Gasteiger charge is -2.30. The summed E-state index contributed by atoms with van der Waals surface area (Å²) in [5.41, 5.74) is 6.64. The average molecular weight is 357 g/mol. The van der Waals surface area contributed by atoms with E-state index in [1.807, 2.05) is 0 Å². The van der Waals surface area contributed by atoms with Crippen LogP contribution < -0.4 is 16.4 Å². The minimum Gasteiger partial charge on any atom is -0.465 e. The SMILES string of the molecule is COC(=O)c1cnc(Nc2cnc(N)cn2)cc1NC1CCN(C)CC1. The molecule has 0 unspecified atom stereocenters. The van der Waals surface area contributed by atoms with Gasteiger partial charge in [-0.2, -0.15) is 0 Å². The van der Waals surface area contributed by atoms with Crippen molar-refractivity contribution in [3.8, 4) is 0 Å². The van der Waals surface area contributed by atoms with Crippen molar-refractivity contribution in [3.05, 3.63) is 30.2 Å². The molecule has 0 atom stereocenters. The predicted octanol–water partition coefficient (Wildman–Crippen LogP) is 1.49. The lowest BCUT2D eigenvalue weighted by atomic mass is 10.0. The standard InChI is InChI=1S/C17H23N7O2/c1-24-5-3-11(4-6-24)22-13-7-15(20-8-12(13)17(25)26-2)23-16-10-19-14(18)9-21-16/h7-11H,3-6H2,1-2H3,(H2,18,19)(H2,20,21,22,23). The van der Waals surface area contributed by atoms with Crippen LogP contribution in [0.15, 0.2) is 24.7 Å². The van der Waals surface area contributed by atoms with E-state index in [9.17, 15) is 4.79 Å². The highest BCUT2D eigenvalue weighted by Gasteiger charge is 2.20. The number of nitrogens with two attached hydrogens (primary N) is 1. The molecule has 0 aliphatic carbocycles. The van der Waals surface area contributed by atoms with Crippen molar-refractivity contribution in [1.82, 2.24) is 19.9 Å². The van der Waals surface area contributed by atoms with Crippen LogP contribution in [0.2, 0.25) is 0 Å². The third-order valence-corrected chi connectivity index (χ3v) is 4.32. The molecule has 0 saturated carbocycles. The zero-order chi connectivity index (χ0) is 18.5. The first-order valence-corrected chi connectivity index (χ1v) is 8.43. The summed E-state index contributed by atoms with van der Waals surface area (Å²) >= 11 is 0. The first kappa shape index (κ1) is 17.9. The normalized spacial score (nSPS) is 15.5. The van der Waals surface area contributed by atoms with Gasteiger partial charge in [0.25, 0.3) is 0 Å². The number of nitrogen functional groups attached to an aromatic ring is 1. The molecule has 3 heterocycles. The topological polar surface area (TPSA) is 118 Å². The molecule has 2 aromatic heterocycles. The zero-order valence-electron chi connectivity index (χ0n) is 14.9. The maximum atomic E-state index is 12.1. The molecule has 0 spiro atoms. The molecule has 4 N–H and O–H groups in total. The van der Waals surface area contributed by atoms with E-state index in [0.717, 1.165) is 25.9 Å². The van der Waals surface area contributed by atoms with Crippen molar-refractivity contribution in [1.29, 1.82) is 0 Å². The number of nitrogens with zero attached hydrogens (tertiary/aromatic N) is 4. The first-order valence-electron chi connectivity index (χ1n) is 8.43. The summed E-state index contributed by atoms with van der Waals surface area (Å²) in [6.07, 6.45) is 6.49. The van der Waals surface area contributed by atoms with Crippen molar-refractivity contribution in [2.24, 2.45) is 0 Å². The van der Waals surface area contributed by atoms with Crippen LogP contribution in [0.1, 0.15) is 23.2 Å². The number of likely N-dealkylation sites (tertiary alicyclic amines) is 1. The predicted molar refractivity (Wildman–Crippen MR) is 99.4 cm³/mol. The number of carbonyl (C=O) groups is 1. The second kappa shape index (κ2) is 7.96. The molecule has 3 rings (SSSR count). The van der Waals surface area contributed by atoms with Crippen molar-refractivity contribution in [2.45, 2.75) is 18.9 Å². The largest absolute Gasteiger partial charge is 0.465 e. The molecule has 1 aliphatic rings. The smallest absolute Gasteiger partial charge is 0.341 e. The van der Waals surface area contributed by atoms with Crippen molar-refractivity contribution < 1.29 is 9.53 Å². The van der Waals surface area contributed by atoms with Crippen molar-refractivity contribution in [2.75, 3.05) is 43.6 Å². The molecule has 2 aromatic rings. The lowest BCUT2D eigenvalue weighted by Crippen LogP contribution is -2.37. The van der Waals surface area contributed by atoms with Gasteiger partial charge in [-0.15, -0.1) is 0 Å². The highest BCUT2D eigenvalue weighted by Crippen LogP contribution is 2.24. The van der Waals surface area contributed by atoms with Gasteiger partial charge in [-0.1, -0.05) is 0 Å². The van der Waals surface area contributed by atoms with E-state index in [2.05, 4.69) is 37.5 Å². The fourth-order valence-corrected chi connectivity index (χ4v) is 2.82. The van der Waals surface area contributed by atoms with Gasteiger partial charge in [-0.3, -0.25) is 0 Å². The van der Waals surface area contributed by atoms with E-state index in [1.165, 1.54) is 25.7 Å². The van der Waals surface area contributed by atoms with Crippen LogP contribution in [0.25, 0.3) is 0 Å². The maximum Gasteiger partial charge on any atom is 0.341 e. The maximum absolute atomic E-state index is 12.1.